The highest BCUT2D eigenvalue weighted by Gasteiger charge is 2.12. The molecule has 3 N–H and O–H groups in total. The van der Waals surface area contributed by atoms with Crippen LogP contribution >= 0.6 is 12.2 Å². The van der Waals surface area contributed by atoms with E-state index in [4.69, 9.17) is 12.2 Å². The molecular weight excluding hydrogens is 269 g/mol. The summed E-state index contributed by atoms with van der Waals surface area (Å²) in [5, 5.41) is 2.16. The average Bonchev–Trinajstić information content (AvgIpc) is 2.37. The molecule has 1 aromatic rings. The molecular formula is C12H14FN3O2S. The van der Waals surface area contributed by atoms with Crippen molar-refractivity contribution < 1.29 is 14.0 Å². The maximum Gasteiger partial charge on any atom is 0.260 e. The Bertz CT molecular complexity index is 494. The summed E-state index contributed by atoms with van der Waals surface area (Å²) in [7, 11) is 0. The van der Waals surface area contributed by atoms with Gasteiger partial charge in [-0.05, 0) is 30.8 Å². The molecule has 0 aliphatic heterocycles. The molecule has 0 fully saturated rings. The first-order chi connectivity index (χ1) is 9.04. The number of hydrazine groups is 1. The first-order valence-electron chi connectivity index (χ1n) is 5.69. The Hall–Kier alpha value is -2.02. The second-order valence-corrected chi connectivity index (χ2v) is 4.09. The summed E-state index contributed by atoms with van der Waals surface area (Å²) in [4.78, 5) is 22.8. The van der Waals surface area contributed by atoms with E-state index in [-0.39, 0.29) is 16.6 Å². The van der Waals surface area contributed by atoms with Crippen LogP contribution in [0.3, 0.4) is 0 Å². The van der Waals surface area contributed by atoms with Crippen molar-refractivity contribution in [2.45, 2.75) is 19.8 Å². The molecule has 2 amide bonds. The minimum Gasteiger partial charge on any atom is -0.298 e. The Kier molecular flexibility index (Phi) is 5.87. The molecule has 0 saturated carbocycles. The van der Waals surface area contributed by atoms with Gasteiger partial charge in [-0.3, -0.25) is 25.8 Å². The summed E-state index contributed by atoms with van der Waals surface area (Å²) in [6, 6.07) is 5.53. The monoisotopic (exact) mass is 283 g/mol. The van der Waals surface area contributed by atoms with Crippen molar-refractivity contribution in [1.29, 1.82) is 0 Å². The first kappa shape index (κ1) is 15.0. The molecule has 0 aliphatic carbocycles. The lowest BCUT2D eigenvalue weighted by molar-refractivity contribution is -0.121. The van der Waals surface area contributed by atoms with E-state index in [1.165, 1.54) is 24.3 Å². The van der Waals surface area contributed by atoms with Crippen LogP contribution in [0.1, 0.15) is 30.1 Å². The normalized spacial score (nSPS) is 9.58. The number of rotatable bonds is 3. The third kappa shape index (κ3) is 5.01. The van der Waals surface area contributed by atoms with E-state index in [0.717, 1.165) is 0 Å². The lowest BCUT2D eigenvalue weighted by Crippen LogP contribution is -2.48. The number of carbonyl (C=O) groups is 2. The Morgan fingerprint density at radius 3 is 2.58 bits per heavy atom. The van der Waals surface area contributed by atoms with Crippen molar-refractivity contribution in [2.24, 2.45) is 0 Å². The fraction of sp³-hybridized carbons (Fsp3) is 0.250. The molecule has 0 spiro atoms. The fourth-order valence-electron chi connectivity index (χ4n) is 1.26. The van der Waals surface area contributed by atoms with Gasteiger partial charge < -0.3 is 0 Å². The van der Waals surface area contributed by atoms with E-state index in [0.29, 0.717) is 12.8 Å². The number of nitrogens with one attached hydrogen (secondary N) is 3. The summed E-state index contributed by atoms with van der Waals surface area (Å²) in [5.41, 5.74) is 4.56. The molecule has 0 heterocycles. The minimum atomic E-state index is -0.680. The Labute approximate surface area is 115 Å². The van der Waals surface area contributed by atoms with Crippen LogP contribution in [0.4, 0.5) is 4.39 Å². The zero-order valence-corrected chi connectivity index (χ0v) is 11.1. The zero-order chi connectivity index (χ0) is 14.3. The third-order valence-corrected chi connectivity index (χ3v) is 2.34. The second-order valence-electron chi connectivity index (χ2n) is 3.69. The van der Waals surface area contributed by atoms with Crippen LogP contribution < -0.4 is 16.2 Å². The van der Waals surface area contributed by atoms with Gasteiger partial charge in [0.05, 0.1) is 5.56 Å². The molecule has 0 radical (unpaired) electrons. The highest BCUT2D eigenvalue weighted by Crippen LogP contribution is 2.05. The van der Waals surface area contributed by atoms with Crippen molar-refractivity contribution in [2.75, 3.05) is 0 Å². The van der Waals surface area contributed by atoms with Crippen LogP contribution in [0.25, 0.3) is 0 Å². The lowest BCUT2D eigenvalue weighted by Gasteiger charge is -2.10. The smallest absolute Gasteiger partial charge is 0.260 e. The van der Waals surface area contributed by atoms with Crippen molar-refractivity contribution in [3.8, 4) is 0 Å². The van der Waals surface area contributed by atoms with Crippen LogP contribution in [0.15, 0.2) is 24.3 Å². The third-order valence-electron chi connectivity index (χ3n) is 2.14. The topological polar surface area (TPSA) is 70.2 Å². The van der Waals surface area contributed by atoms with Gasteiger partial charge in [-0.1, -0.05) is 19.1 Å². The lowest BCUT2D eigenvalue weighted by atomic mass is 10.2. The predicted octanol–water partition coefficient (Wildman–Crippen LogP) is 1.26. The van der Waals surface area contributed by atoms with Gasteiger partial charge in [-0.15, -0.1) is 0 Å². The number of carbonyl (C=O) groups excluding carboxylic acids is 2. The molecule has 0 saturated heterocycles. The maximum atomic E-state index is 13.3. The number of hydrogen-bond donors (Lipinski definition) is 3. The van der Waals surface area contributed by atoms with Crippen molar-refractivity contribution in [3.63, 3.8) is 0 Å². The van der Waals surface area contributed by atoms with Crippen LogP contribution in [0.5, 0.6) is 0 Å². The summed E-state index contributed by atoms with van der Waals surface area (Å²) in [5.74, 6) is -1.57. The van der Waals surface area contributed by atoms with E-state index in [1.54, 1.807) is 0 Å². The van der Waals surface area contributed by atoms with Crippen molar-refractivity contribution in [1.82, 2.24) is 16.2 Å². The Morgan fingerprint density at radius 1 is 1.26 bits per heavy atom. The molecule has 19 heavy (non-hydrogen) atoms. The predicted molar refractivity (Wildman–Crippen MR) is 72.7 cm³/mol. The summed E-state index contributed by atoms with van der Waals surface area (Å²) < 4.78 is 13.3. The molecule has 0 aliphatic rings. The van der Waals surface area contributed by atoms with Crippen LogP contribution in [0.2, 0.25) is 0 Å². The average molecular weight is 283 g/mol. The van der Waals surface area contributed by atoms with Gasteiger partial charge in [0.2, 0.25) is 5.91 Å². The molecule has 102 valence electrons. The van der Waals surface area contributed by atoms with E-state index in [9.17, 15) is 14.0 Å². The summed E-state index contributed by atoms with van der Waals surface area (Å²) >= 11 is 4.80. The molecule has 0 atom stereocenters. The molecule has 1 aromatic carbocycles. The molecule has 1 rings (SSSR count). The molecule has 0 aromatic heterocycles. The van der Waals surface area contributed by atoms with Gasteiger partial charge in [-0.2, -0.15) is 0 Å². The van der Waals surface area contributed by atoms with Crippen molar-refractivity contribution in [3.05, 3.63) is 35.6 Å². The number of amides is 2. The Balaban J connectivity index is 2.47. The van der Waals surface area contributed by atoms with Gasteiger partial charge in [0, 0.05) is 6.42 Å². The minimum absolute atomic E-state index is 0.0993. The SMILES string of the molecule is CCCC(=O)NNC(=S)NC(=O)c1ccccc1F. The number of hydrogen-bond acceptors (Lipinski definition) is 3. The zero-order valence-electron chi connectivity index (χ0n) is 10.3. The molecule has 0 unspecified atom stereocenters. The number of halogens is 1. The van der Waals surface area contributed by atoms with E-state index < -0.39 is 11.7 Å². The van der Waals surface area contributed by atoms with Crippen LogP contribution in [-0.2, 0) is 4.79 Å². The molecule has 7 heteroatoms. The van der Waals surface area contributed by atoms with Gasteiger partial charge in [0.15, 0.2) is 5.11 Å². The number of thiocarbonyl (C=S) groups is 1. The molecule has 5 nitrogen and oxygen atoms in total. The summed E-state index contributed by atoms with van der Waals surface area (Å²) in [6.07, 6.45) is 1.04. The highest BCUT2D eigenvalue weighted by atomic mass is 32.1. The molecule has 0 bridgehead atoms. The second kappa shape index (κ2) is 7.42. The van der Waals surface area contributed by atoms with Gasteiger partial charge in [-0.25, -0.2) is 4.39 Å². The maximum absolute atomic E-state index is 13.3. The van der Waals surface area contributed by atoms with Crippen LogP contribution in [-0.4, -0.2) is 16.9 Å². The van der Waals surface area contributed by atoms with E-state index in [1.807, 2.05) is 6.92 Å². The quantitative estimate of drug-likeness (QED) is 0.577. The first-order valence-corrected chi connectivity index (χ1v) is 6.10. The van der Waals surface area contributed by atoms with Gasteiger partial charge >= 0.3 is 0 Å². The largest absolute Gasteiger partial charge is 0.298 e. The van der Waals surface area contributed by atoms with E-state index >= 15 is 0 Å². The van der Waals surface area contributed by atoms with Gasteiger partial charge in [0.25, 0.3) is 5.91 Å². The number of benzene rings is 1. The standard InChI is InChI=1S/C12H14FN3O2S/c1-2-5-10(17)15-16-12(19)14-11(18)8-6-3-4-7-9(8)13/h3-4,6-7H,2,5H2,1H3,(H,15,17)(H2,14,16,18,19). The highest BCUT2D eigenvalue weighted by molar-refractivity contribution is 7.80. The van der Waals surface area contributed by atoms with Crippen molar-refractivity contribution >= 4 is 29.1 Å². The van der Waals surface area contributed by atoms with Gasteiger partial charge in [0.1, 0.15) is 5.82 Å². The summed E-state index contributed by atoms with van der Waals surface area (Å²) in [6.45, 7) is 1.86. The Morgan fingerprint density at radius 2 is 1.95 bits per heavy atom. The van der Waals surface area contributed by atoms with Crippen LogP contribution in [0, 0.1) is 5.82 Å². The fourth-order valence-corrected chi connectivity index (χ4v) is 1.41. The van der Waals surface area contributed by atoms with E-state index in [2.05, 4.69) is 16.2 Å².